The number of carbonyl (C=O) groups excluding carboxylic acids is 2. The molecule has 0 heterocycles. The van der Waals surface area contributed by atoms with Crippen LogP contribution in [0.3, 0.4) is 0 Å². The molecule has 2 aromatic carbocycles. The fourth-order valence-corrected chi connectivity index (χ4v) is 2.06. The minimum Gasteiger partial charge on any atom is -0.343 e. The van der Waals surface area contributed by atoms with Crippen LogP contribution in [0.5, 0.6) is 0 Å². The fourth-order valence-electron chi connectivity index (χ4n) is 2.06. The zero-order valence-electron chi connectivity index (χ0n) is 12.4. The molecule has 2 rings (SSSR count). The number of para-hydroxylation sites is 1. The van der Waals surface area contributed by atoms with E-state index < -0.39 is 11.7 Å². The van der Waals surface area contributed by atoms with Gasteiger partial charge in [-0.3, -0.25) is 9.59 Å². The summed E-state index contributed by atoms with van der Waals surface area (Å²) in [5.74, 6) is -1.14. The van der Waals surface area contributed by atoms with Gasteiger partial charge in [0.2, 0.25) is 5.91 Å². The largest absolute Gasteiger partial charge is 0.343 e. The van der Waals surface area contributed by atoms with Crippen LogP contribution in [0.4, 0.5) is 10.1 Å². The molecule has 0 aliphatic rings. The third-order valence-electron chi connectivity index (χ3n) is 3.26. The zero-order valence-corrected chi connectivity index (χ0v) is 12.4. The summed E-state index contributed by atoms with van der Waals surface area (Å²) in [5, 5.41) is 5.28. The number of amides is 2. The van der Waals surface area contributed by atoms with Crippen molar-refractivity contribution in [3.63, 3.8) is 0 Å². The van der Waals surface area contributed by atoms with Gasteiger partial charge in [-0.25, -0.2) is 4.39 Å². The highest BCUT2D eigenvalue weighted by molar-refractivity contribution is 5.99. The second-order valence-electron chi connectivity index (χ2n) is 5.00. The molecule has 2 aromatic rings. The van der Waals surface area contributed by atoms with Gasteiger partial charge in [0.1, 0.15) is 5.82 Å². The Bertz CT molecular complexity index is 676. The summed E-state index contributed by atoms with van der Waals surface area (Å²) in [6.45, 7) is 3.66. The summed E-state index contributed by atoms with van der Waals surface area (Å²) in [6, 6.07) is 10.9. The molecular weight excluding hydrogens is 283 g/mol. The molecule has 0 aliphatic heterocycles. The van der Waals surface area contributed by atoms with Crippen LogP contribution in [0.15, 0.2) is 42.5 Å². The topological polar surface area (TPSA) is 58.2 Å². The molecule has 2 amide bonds. The van der Waals surface area contributed by atoms with Crippen LogP contribution < -0.4 is 10.6 Å². The fraction of sp³-hybridized carbons (Fsp3) is 0.176. The average Bonchev–Trinajstić information content (AvgIpc) is 2.49. The number of hydrogen-bond donors (Lipinski definition) is 2. The van der Waals surface area contributed by atoms with E-state index in [-0.39, 0.29) is 12.5 Å². The van der Waals surface area contributed by atoms with Gasteiger partial charge in [-0.1, -0.05) is 18.2 Å². The number of carbonyl (C=O) groups is 2. The molecule has 0 spiro atoms. The minimum atomic E-state index is -0.420. The summed E-state index contributed by atoms with van der Waals surface area (Å²) in [7, 11) is 0. The molecule has 114 valence electrons. The summed E-state index contributed by atoms with van der Waals surface area (Å²) >= 11 is 0. The van der Waals surface area contributed by atoms with E-state index in [1.165, 1.54) is 24.3 Å². The van der Waals surface area contributed by atoms with Crippen molar-refractivity contribution in [1.82, 2.24) is 5.32 Å². The lowest BCUT2D eigenvalue weighted by Gasteiger charge is -2.12. The van der Waals surface area contributed by atoms with Gasteiger partial charge >= 0.3 is 0 Å². The van der Waals surface area contributed by atoms with Gasteiger partial charge in [0, 0.05) is 11.3 Å². The van der Waals surface area contributed by atoms with Gasteiger partial charge in [0.25, 0.3) is 5.91 Å². The second kappa shape index (κ2) is 6.85. The van der Waals surface area contributed by atoms with Gasteiger partial charge in [0.05, 0.1) is 6.54 Å². The predicted octanol–water partition coefficient (Wildman–Crippen LogP) is 2.81. The molecule has 0 saturated carbocycles. The highest BCUT2D eigenvalue weighted by atomic mass is 19.1. The zero-order chi connectivity index (χ0) is 16.1. The van der Waals surface area contributed by atoms with Gasteiger partial charge in [-0.2, -0.15) is 0 Å². The Labute approximate surface area is 128 Å². The van der Waals surface area contributed by atoms with Crippen molar-refractivity contribution >= 4 is 17.5 Å². The van der Waals surface area contributed by atoms with Crippen molar-refractivity contribution in [3.05, 3.63) is 65.0 Å². The number of rotatable bonds is 4. The van der Waals surface area contributed by atoms with Crippen LogP contribution in [0.1, 0.15) is 21.5 Å². The lowest BCUT2D eigenvalue weighted by atomic mass is 10.1. The Hall–Kier alpha value is -2.69. The monoisotopic (exact) mass is 300 g/mol. The molecule has 0 aromatic heterocycles. The molecule has 5 heteroatoms. The van der Waals surface area contributed by atoms with Crippen LogP contribution in [-0.4, -0.2) is 18.4 Å². The lowest BCUT2D eigenvalue weighted by molar-refractivity contribution is -0.115. The van der Waals surface area contributed by atoms with Crippen molar-refractivity contribution in [2.24, 2.45) is 0 Å². The molecular formula is C17H17FN2O2. The molecule has 0 atom stereocenters. The van der Waals surface area contributed by atoms with E-state index in [4.69, 9.17) is 0 Å². The van der Waals surface area contributed by atoms with E-state index in [1.807, 2.05) is 32.0 Å². The Morgan fingerprint density at radius 3 is 2.18 bits per heavy atom. The smallest absolute Gasteiger partial charge is 0.251 e. The molecule has 22 heavy (non-hydrogen) atoms. The first-order chi connectivity index (χ1) is 10.5. The van der Waals surface area contributed by atoms with Crippen LogP contribution >= 0.6 is 0 Å². The van der Waals surface area contributed by atoms with Crippen molar-refractivity contribution in [3.8, 4) is 0 Å². The normalized spacial score (nSPS) is 10.1. The summed E-state index contributed by atoms with van der Waals surface area (Å²) in [4.78, 5) is 23.8. The van der Waals surface area contributed by atoms with Crippen LogP contribution in [0, 0.1) is 19.7 Å². The molecule has 0 saturated heterocycles. The third-order valence-corrected chi connectivity index (χ3v) is 3.26. The maximum atomic E-state index is 12.8. The van der Waals surface area contributed by atoms with E-state index in [1.54, 1.807) is 0 Å². The Kier molecular flexibility index (Phi) is 4.88. The number of anilines is 1. The molecule has 0 radical (unpaired) electrons. The Balaban J connectivity index is 1.93. The average molecular weight is 300 g/mol. The number of aryl methyl sites for hydroxylation is 2. The maximum Gasteiger partial charge on any atom is 0.251 e. The van der Waals surface area contributed by atoms with Gasteiger partial charge in [-0.05, 0) is 49.2 Å². The summed E-state index contributed by atoms with van der Waals surface area (Å²) in [6.07, 6.45) is 0. The van der Waals surface area contributed by atoms with E-state index in [0.29, 0.717) is 5.56 Å². The van der Waals surface area contributed by atoms with Crippen LogP contribution in [-0.2, 0) is 4.79 Å². The SMILES string of the molecule is Cc1cccc(C)c1NC(=O)CNC(=O)c1ccc(F)cc1. The number of benzene rings is 2. The number of hydrogen-bond acceptors (Lipinski definition) is 2. The van der Waals surface area contributed by atoms with Crippen LogP contribution in [0.25, 0.3) is 0 Å². The van der Waals surface area contributed by atoms with E-state index >= 15 is 0 Å². The number of nitrogens with one attached hydrogen (secondary N) is 2. The highest BCUT2D eigenvalue weighted by Gasteiger charge is 2.10. The van der Waals surface area contributed by atoms with Crippen molar-refractivity contribution in [1.29, 1.82) is 0 Å². The maximum absolute atomic E-state index is 12.8. The quantitative estimate of drug-likeness (QED) is 0.912. The number of halogens is 1. The van der Waals surface area contributed by atoms with Gasteiger partial charge in [0.15, 0.2) is 0 Å². The van der Waals surface area contributed by atoms with Crippen molar-refractivity contribution in [2.45, 2.75) is 13.8 Å². The first-order valence-corrected chi connectivity index (χ1v) is 6.87. The second-order valence-corrected chi connectivity index (χ2v) is 5.00. The third kappa shape index (κ3) is 3.91. The van der Waals surface area contributed by atoms with E-state index in [2.05, 4.69) is 10.6 Å². The standard InChI is InChI=1S/C17H17FN2O2/c1-11-4-3-5-12(2)16(11)20-15(21)10-19-17(22)13-6-8-14(18)9-7-13/h3-9H,10H2,1-2H3,(H,19,22)(H,20,21). The summed E-state index contributed by atoms with van der Waals surface area (Å²) in [5.41, 5.74) is 2.97. The Morgan fingerprint density at radius 2 is 1.59 bits per heavy atom. The molecule has 4 nitrogen and oxygen atoms in total. The van der Waals surface area contributed by atoms with E-state index in [9.17, 15) is 14.0 Å². The predicted molar refractivity (Wildman–Crippen MR) is 83.3 cm³/mol. The minimum absolute atomic E-state index is 0.149. The Morgan fingerprint density at radius 1 is 1.00 bits per heavy atom. The van der Waals surface area contributed by atoms with Crippen molar-refractivity contribution in [2.75, 3.05) is 11.9 Å². The highest BCUT2D eigenvalue weighted by Crippen LogP contribution is 2.18. The van der Waals surface area contributed by atoms with Crippen molar-refractivity contribution < 1.29 is 14.0 Å². The lowest BCUT2D eigenvalue weighted by Crippen LogP contribution is -2.33. The molecule has 0 fully saturated rings. The first kappa shape index (κ1) is 15.7. The molecule has 2 N–H and O–H groups in total. The molecule has 0 unspecified atom stereocenters. The molecule has 0 aliphatic carbocycles. The van der Waals surface area contributed by atoms with E-state index in [0.717, 1.165) is 16.8 Å². The van der Waals surface area contributed by atoms with Gasteiger partial charge < -0.3 is 10.6 Å². The first-order valence-electron chi connectivity index (χ1n) is 6.87. The summed E-state index contributed by atoms with van der Waals surface area (Å²) < 4.78 is 12.8. The van der Waals surface area contributed by atoms with Gasteiger partial charge in [-0.15, -0.1) is 0 Å². The van der Waals surface area contributed by atoms with Crippen LogP contribution in [0.2, 0.25) is 0 Å². The molecule has 0 bridgehead atoms.